The van der Waals surface area contributed by atoms with Gasteiger partial charge in [-0.05, 0) is 28.1 Å². The lowest BCUT2D eigenvalue weighted by atomic mass is 10.3. The van der Waals surface area contributed by atoms with Crippen LogP contribution < -0.4 is 10.9 Å². The molecule has 0 atom stereocenters. The molecule has 0 unspecified atom stereocenters. The summed E-state index contributed by atoms with van der Waals surface area (Å²) in [5.41, 5.74) is 0.216. The first-order valence-corrected chi connectivity index (χ1v) is 6.45. The van der Waals surface area contributed by atoms with Gasteiger partial charge in [0, 0.05) is 20.0 Å². The van der Waals surface area contributed by atoms with Crippen LogP contribution in [-0.4, -0.2) is 16.3 Å². The minimum Gasteiger partial charge on any atom is -0.454 e. The largest absolute Gasteiger partial charge is 0.454 e. The highest BCUT2D eigenvalue weighted by molar-refractivity contribution is 9.10. The first kappa shape index (κ1) is 13.2. The highest BCUT2D eigenvalue weighted by Gasteiger charge is 2.07. The third kappa shape index (κ3) is 2.94. The SMILES string of the molecule is Cn1ncc(NCCc2ccc(Br)o2)c(Cl)c1=O. The van der Waals surface area contributed by atoms with Gasteiger partial charge in [0.1, 0.15) is 10.8 Å². The molecule has 0 aromatic carbocycles. The van der Waals surface area contributed by atoms with E-state index in [1.165, 1.54) is 10.9 Å². The van der Waals surface area contributed by atoms with Crippen LogP contribution in [0.15, 0.2) is 32.2 Å². The second kappa shape index (κ2) is 5.58. The highest BCUT2D eigenvalue weighted by Crippen LogP contribution is 2.17. The molecule has 2 rings (SSSR count). The van der Waals surface area contributed by atoms with Crippen molar-refractivity contribution in [1.29, 1.82) is 0 Å². The van der Waals surface area contributed by atoms with Crippen molar-refractivity contribution in [2.24, 2.45) is 7.05 Å². The number of nitrogens with one attached hydrogen (secondary N) is 1. The molecule has 0 aliphatic heterocycles. The molecule has 0 spiro atoms. The molecular weight excluding hydrogens is 321 g/mol. The van der Waals surface area contributed by atoms with Crippen LogP contribution in [0.25, 0.3) is 0 Å². The summed E-state index contributed by atoms with van der Waals surface area (Å²) in [5.74, 6) is 0.849. The second-order valence-corrected chi connectivity index (χ2v) is 4.84. The van der Waals surface area contributed by atoms with Crippen LogP contribution in [0.4, 0.5) is 5.69 Å². The number of aromatic nitrogens is 2. The molecular formula is C11H11BrClN3O2. The standard InChI is InChI=1S/C11H11BrClN3O2/c1-16-11(17)10(13)8(6-15-16)14-5-4-7-2-3-9(12)18-7/h2-3,6,14H,4-5H2,1H3. The Bertz CT molecular complexity index is 609. The number of aryl methyl sites for hydroxylation is 1. The van der Waals surface area contributed by atoms with E-state index < -0.39 is 0 Å². The molecule has 0 radical (unpaired) electrons. The van der Waals surface area contributed by atoms with Gasteiger partial charge in [0.25, 0.3) is 5.56 Å². The predicted molar refractivity (Wildman–Crippen MR) is 73.1 cm³/mol. The van der Waals surface area contributed by atoms with Crippen LogP contribution in [0.3, 0.4) is 0 Å². The Morgan fingerprint density at radius 2 is 2.33 bits per heavy atom. The summed E-state index contributed by atoms with van der Waals surface area (Å²) in [4.78, 5) is 11.5. The van der Waals surface area contributed by atoms with Gasteiger partial charge in [0.05, 0.1) is 11.9 Å². The number of anilines is 1. The lowest BCUT2D eigenvalue weighted by molar-refractivity contribution is 0.491. The van der Waals surface area contributed by atoms with Gasteiger partial charge in [-0.25, -0.2) is 4.68 Å². The zero-order valence-electron chi connectivity index (χ0n) is 9.61. The molecule has 0 saturated carbocycles. The van der Waals surface area contributed by atoms with Crippen LogP contribution >= 0.6 is 27.5 Å². The fourth-order valence-corrected chi connectivity index (χ4v) is 2.02. The van der Waals surface area contributed by atoms with Crippen molar-refractivity contribution in [3.63, 3.8) is 0 Å². The average molecular weight is 333 g/mol. The fraction of sp³-hybridized carbons (Fsp3) is 0.273. The summed E-state index contributed by atoms with van der Waals surface area (Å²) in [6, 6.07) is 3.72. The zero-order valence-corrected chi connectivity index (χ0v) is 12.0. The second-order valence-electron chi connectivity index (χ2n) is 3.68. The Labute approximate surface area is 117 Å². The van der Waals surface area contributed by atoms with Crippen molar-refractivity contribution in [2.45, 2.75) is 6.42 Å². The van der Waals surface area contributed by atoms with E-state index in [1.807, 2.05) is 12.1 Å². The summed E-state index contributed by atoms with van der Waals surface area (Å²) in [7, 11) is 1.55. The molecule has 0 fully saturated rings. The monoisotopic (exact) mass is 331 g/mol. The number of rotatable bonds is 4. The summed E-state index contributed by atoms with van der Waals surface area (Å²) >= 11 is 9.15. The van der Waals surface area contributed by atoms with E-state index in [0.717, 1.165) is 5.76 Å². The molecule has 0 saturated heterocycles. The quantitative estimate of drug-likeness (QED) is 0.934. The molecule has 96 valence electrons. The van der Waals surface area contributed by atoms with E-state index in [2.05, 4.69) is 26.3 Å². The molecule has 18 heavy (non-hydrogen) atoms. The van der Waals surface area contributed by atoms with Crippen molar-refractivity contribution in [1.82, 2.24) is 9.78 Å². The molecule has 0 amide bonds. The van der Waals surface area contributed by atoms with Crippen molar-refractivity contribution in [3.8, 4) is 0 Å². The van der Waals surface area contributed by atoms with E-state index in [4.69, 9.17) is 16.0 Å². The highest BCUT2D eigenvalue weighted by atomic mass is 79.9. The Hall–Kier alpha value is -1.27. The Morgan fingerprint density at radius 1 is 1.56 bits per heavy atom. The van der Waals surface area contributed by atoms with Gasteiger partial charge >= 0.3 is 0 Å². The Balaban J connectivity index is 1.99. The molecule has 7 heteroatoms. The third-order valence-electron chi connectivity index (χ3n) is 2.39. The summed E-state index contributed by atoms with van der Waals surface area (Å²) < 4.78 is 7.25. The normalized spacial score (nSPS) is 10.6. The Kier molecular flexibility index (Phi) is 4.08. The summed E-state index contributed by atoms with van der Waals surface area (Å²) in [6.07, 6.45) is 2.22. The van der Waals surface area contributed by atoms with E-state index in [1.54, 1.807) is 7.05 Å². The molecule has 0 aliphatic carbocycles. The van der Waals surface area contributed by atoms with Gasteiger partial charge < -0.3 is 9.73 Å². The smallest absolute Gasteiger partial charge is 0.287 e. The van der Waals surface area contributed by atoms with Crippen molar-refractivity contribution >= 4 is 33.2 Å². The maximum atomic E-state index is 11.5. The average Bonchev–Trinajstić information content (AvgIpc) is 2.75. The number of nitrogens with zero attached hydrogens (tertiary/aromatic N) is 2. The molecule has 2 heterocycles. The van der Waals surface area contributed by atoms with Crippen molar-refractivity contribution < 1.29 is 4.42 Å². The van der Waals surface area contributed by atoms with E-state index in [0.29, 0.717) is 23.3 Å². The van der Waals surface area contributed by atoms with Crippen LogP contribution in [0.5, 0.6) is 0 Å². The first-order chi connectivity index (χ1) is 8.58. The lowest BCUT2D eigenvalue weighted by Crippen LogP contribution is -2.21. The molecule has 2 aromatic rings. The molecule has 0 aliphatic rings. The summed E-state index contributed by atoms with van der Waals surface area (Å²) in [5, 5.41) is 7.10. The topological polar surface area (TPSA) is 60.1 Å². The van der Waals surface area contributed by atoms with Crippen LogP contribution in [-0.2, 0) is 13.5 Å². The van der Waals surface area contributed by atoms with Crippen LogP contribution in [0.2, 0.25) is 5.02 Å². The number of furan rings is 1. The molecule has 1 N–H and O–H groups in total. The van der Waals surface area contributed by atoms with Crippen molar-refractivity contribution in [2.75, 3.05) is 11.9 Å². The van der Waals surface area contributed by atoms with E-state index >= 15 is 0 Å². The van der Waals surface area contributed by atoms with E-state index in [9.17, 15) is 4.79 Å². The van der Waals surface area contributed by atoms with Gasteiger partial charge in [-0.3, -0.25) is 4.79 Å². The van der Waals surface area contributed by atoms with Gasteiger partial charge in [-0.2, -0.15) is 5.10 Å². The van der Waals surface area contributed by atoms with Gasteiger partial charge in [-0.15, -0.1) is 0 Å². The van der Waals surface area contributed by atoms with Gasteiger partial charge in [0.2, 0.25) is 0 Å². The van der Waals surface area contributed by atoms with Gasteiger partial charge in [-0.1, -0.05) is 11.6 Å². The van der Waals surface area contributed by atoms with E-state index in [-0.39, 0.29) is 10.6 Å². The maximum Gasteiger partial charge on any atom is 0.287 e. The minimum absolute atomic E-state index is 0.146. The first-order valence-electron chi connectivity index (χ1n) is 5.28. The number of halogens is 2. The third-order valence-corrected chi connectivity index (χ3v) is 3.19. The lowest BCUT2D eigenvalue weighted by Gasteiger charge is -2.07. The van der Waals surface area contributed by atoms with Crippen molar-refractivity contribution in [3.05, 3.63) is 44.1 Å². The fourth-order valence-electron chi connectivity index (χ4n) is 1.44. The molecule has 2 aromatic heterocycles. The molecule has 5 nitrogen and oxygen atoms in total. The van der Waals surface area contributed by atoms with Gasteiger partial charge in [0.15, 0.2) is 4.67 Å². The zero-order chi connectivity index (χ0) is 13.1. The minimum atomic E-state index is -0.317. The predicted octanol–water partition coefficient (Wildman–Crippen LogP) is 2.44. The number of hydrogen-bond donors (Lipinski definition) is 1. The van der Waals surface area contributed by atoms with Crippen LogP contribution in [0.1, 0.15) is 5.76 Å². The maximum absolute atomic E-state index is 11.5. The molecule has 0 bridgehead atoms. The Morgan fingerprint density at radius 3 is 3.00 bits per heavy atom. The number of hydrogen-bond acceptors (Lipinski definition) is 4. The summed E-state index contributed by atoms with van der Waals surface area (Å²) in [6.45, 7) is 0.606. The van der Waals surface area contributed by atoms with Crippen LogP contribution in [0, 0.1) is 0 Å².